The molecule has 0 radical (unpaired) electrons. The fraction of sp³-hybridized carbons (Fsp3) is 0.316. The first-order chi connectivity index (χ1) is 10.5. The summed E-state index contributed by atoms with van der Waals surface area (Å²) < 4.78 is 5.75. The van der Waals surface area contributed by atoms with Crippen LogP contribution in [-0.4, -0.2) is 12.0 Å². The maximum absolute atomic E-state index is 12.3. The van der Waals surface area contributed by atoms with Crippen molar-refractivity contribution in [3.63, 3.8) is 0 Å². The van der Waals surface area contributed by atoms with Crippen LogP contribution >= 0.6 is 0 Å². The Morgan fingerprint density at radius 3 is 2.68 bits per heavy atom. The first kappa shape index (κ1) is 16.1. The van der Waals surface area contributed by atoms with Crippen LogP contribution in [0.3, 0.4) is 0 Å². The Kier molecular flexibility index (Phi) is 5.21. The molecular formula is C19H23NO2. The zero-order valence-electron chi connectivity index (χ0n) is 13.6. The third-order valence-electron chi connectivity index (χ3n) is 3.64. The Morgan fingerprint density at radius 2 is 1.95 bits per heavy atom. The quantitative estimate of drug-likeness (QED) is 0.895. The number of hydrogen-bond donors (Lipinski definition) is 1. The van der Waals surface area contributed by atoms with Crippen molar-refractivity contribution in [2.75, 3.05) is 5.32 Å². The van der Waals surface area contributed by atoms with Crippen LogP contribution in [0.5, 0.6) is 5.75 Å². The molecule has 0 aromatic heterocycles. The summed E-state index contributed by atoms with van der Waals surface area (Å²) in [6.45, 7) is 7.84. The van der Waals surface area contributed by atoms with Crippen LogP contribution in [0.4, 0.5) is 5.69 Å². The van der Waals surface area contributed by atoms with E-state index in [1.807, 2.05) is 56.3 Å². The molecule has 22 heavy (non-hydrogen) atoms. The van der Waals surface area contributed by atoms with E-state index in [2.05, 4.69) is 12.2 Å². The minimum atomic E-state index is -0.549. The zero-order chi connectivity index (χ0) is 16.1. The Morgan fingerprint density at radius 1 is 1.18 bits per heavy atom. The lowest BCUT2D eigenvalue weighted by molar-refractivity contribution is -0.122. The number of hydrogen-bond acceptors (Lipinski definition) is 2. The van der Waals surface area contributed by atoms with Crippen LogP contribution in [0, 0.1) is 13.8 Å². The highest BCUT2D eigenvalue weighted by Crippen LogP contribution is 2.18. The number of carbonyl (C=O) groups is 1. The molecule has 1 amide bonds. The molecule has 1 atom stereocenters. The van der Waals surface area contributed by atoms with Gasteiger partial charge in [0.2, 0.25) is 0 Å². The Balaban J connectivity index is 2.04. The molecule has 0 saturated heterocycles. The van der Waals surface area contributed by atoms with Gasteiger partial charge in [0.15, 0.2) is 6.10 Å². The van der Waals surface area contributed by atoms with E-state index in [0.717, 1.165) is 29.0 Å². The Hall–Kier alpha value is -2.29. The van der Waals surface area contributed by atoms with E-state index in [9.17, 15) is 4.79 Å². The van der Waals surface area contributed by atoms with E-state index in [0.29, 0.717) is 0 Å². The fourth-order valence-electron chi connectivity index (χ4n) is 2.20. The molecule has 3 nitrogen and oxygen atoms in total. The lowest BCUT2D eigenvalue weighted by Crippen LogP contribution is -2.30. The number of rotatable bonds is 5. The summed E-state index contributed by atoms with van der Waals surface area (Å²) in [5.74, 6) is 0.582. The minimum Gasteiger partial charge on any atom is -0.481 e. The van der Waals surface area contributed by atoms with E-state index >= 15 is 0 Å². The van der Waals surface area contributed by atoms with Gasteiger partial charge < -0.3 is 10.1 Å². The Labute approximate surface area is 132 Å². The second kappa shape index (κ2) is 7.12. The average molecular weight is 297 g/mol. The van der Waals surface area contributed by atoms with E-state index in [4.69, 9.17) is 4.74 Å². The monoisotopic (exact) mass is 297 g/mol. The highest BCUT2D eigenvalue weighted by atomic mass is 16.5. The van der Waals surface area contributed by atoms with Gasteiger partial charge in [0.25, 0.3) is 5.91 Å². The average Bonchev–Trinajstić information content (AvgIpc) is 2.51. The van der Waals surface area contributed by atoms with Crippen LogP contribution in [0.2, 0.25) is 0 Å². The van der Waals surface area contributed by atoms with Crippen molar-refractivity contribution in [2.45, 2.75) is 40.2 Å². The molecule has 116 valence electrons. The fourth-order valence-corrected chi connectivity index (χ4v) is 2.20. The Bertz CT molecular complexity index is 664. The van der Waals surface area contributed by atoms with E-state index < -0.39 is 6.10 Å². The molecule has 3 heteroatoms. The molecule has 0 fully saturated rings. The molecule has 0 aliphatic heterocycles. The summed E-state index contributed by atoms with van der Waals surface area (Å²) >= 11 is 0. The van der Waals surface area contributed by atoms with Gasteiger partial charge in [-0.2, -0.15) is 0 Å². The van der Waals surface area contributed by atoms with Gasteiger partial charge in [0, 0.05) is 5.69 Å². The summed E-state index contributed by atoms with van der Waals surface area (Å²) in [6.07, 6.45) is 0.396. The molecule has 0 spiro atoms. The van der Waals surface area contributed by atoms with E-state index in [1.165, 1.54) is 5.56 Å². The molecule has 2 rings (SSSR count). The number of amides is 1. The topological polar surface area (TPSA) is 38.3 Å². The number of aryl methyl sites for hydroxylation is 3. The van der Waals surface area contributed by atoms with E-state index in [1.54, 1.807) is 6.92 Å². The number of anilines is 1. The summed E-state index contributed by atoms with van der Waals surface area (Å²) in [6, 6.07) is 13.8. The van der Waals surface area contributed by atoms with Gasteiger partial charge in [-0.1, -0.05) is 31.2 Å². The maximum atomic E-state index is 12.3. The molecule has 0 saturated carbocycles. The first-order valence-corrected chi connectivity index (χ1v) is 7.63. The normalized spacial score (nSPS) is 11.8. The van der Waals surface area contributed by atoms with Crippen LogP contribution in [0.25, 0.3) is 0 Å². The summed E-state index contributed by atoms with van der Waals surface area (Å²) in [5.41, 5.74) is 4.19. The van der Waals surface area contributed by atoms with Crippen LogP contribution < -0.4 is 10.1 Å². The molecule has 1 N–H and O–H groups in total. The molecule has 2 aromatic carbocycles. The summed E-state index contributed by atoms with van der Waals surface area (Å²) in [5, 5.41) is 2.94. The standard InChI is InChI=1S/C19H23NO2/c1-5-16-7-6-8-17(12-16)22-15(4)19(21)20-18-11-13(2)9-10-14(18)3/h6-12,15H,5H2,1-4H3,(H,20,21). The lowest BCUT2D eigenvalue weighted by Gasteiger charge is -2.16. The molecule has 0 aliphatic rings. The highest BCUT2D eigenvalue weighted by Gasteiger charge is 2.15. The SMILES string of the molecule is CCc1cccc(OC(C)C(=O)Nc2cc(C)ccc2C)c1. The highest BCUT2D eigenvalue weighted by molar-refractivity contribution is 5.94. The number of nitrogens with one attached hydrogen (secondary N) is 1. The van der Waals surface area contributed by atoms with E-state index in [-0.39, 0.29) is 5.91 Å². The van der Waals surface area contributed by atoms with Gasteiger partial charge in [0.1, 0.15) is 5.75 Å². The van der Waals surface area contributed by atoms with Crippen molar-refractivity contribution in [1.29, 1.82) is 0 Å². The third-order valence-corrected chi connectivity index (χ3v) is 3.64. The summed E-state index contributed by atoms with van der Waals surface area (Å²) in [7, 11) is 0. The predicted molar refractivity (Wildman–Crippen MR) is 90.5 cm³/mol. The van der Waals surface area contributed by atoms with Gasteiger partial charge in [-0.05, 0) is 62.1 Å². The van der Waals surface area contributed by atoms with Crippen LogP contribution in [0.1, 0.15) is 30.5 Å². The number of ether oxygens (including phenoxy) is 1. The smallest absolute Gasteiger partial charge is 0.265 e. The largest absolute Gasteiger partial charge is 0.481 e. The van der Waals surface area contributed by atoms with Crippen molar-refractivity contribution >= 4 is 11.6 Å². The molecule has 0 aliphatic carbocycles. The zero-order valence-corrected chi connectivity index (χ0v) is 13.6. The van der Waals surface area contributed by atoms with Gasteiger partial charge in [0.05, 0.1) is 0 Å². The van der Waals surface area contributed by atoms with Crippen LogP contribution in [-0.2, 0) is 11.2 Å². The first-order valence-electron chi connectivity index (χ1n) is 7.63. The van der Waals surface area contributed by atoms with Crippen molar-refractivity contribution in [1.82, 2.24) is 0 Å². The molecular weight excluding hydrogens is 274 g/mol. The summed E-state index contributed by atoms with van der Waals surface area (Å²) in [4.78, 5) is 12.3. The second-order valence-corrected chi connectivity index (χ2v) is 5.57. The second-order valence-electron chi connectivity index (χ2n) is 5.57. The lowest BCUT2D eigenvalue weighted by atomic mass is 10.1. The van der Waals surface area contributed by atoms with Crippen LogP contribution in [0.15, 0.2) is 42.5 Å². The van der Waals surface area contributed by atoms with Gasteiger partial charge in [-0.15, -0.1) is 0 Å². The molecule has 0 heterocycles. The minimum absolute atomic E-state index is 0.143. The van der Waals surface area contributed by atoms with Gasteiger partial charge in [-0.3, -0.25) is 4.79 Å². The van der Waals surface area contributed by atoms with Crippen molar-refractivity contribution < 1.29 is 9.53 Å². The maximum Gasteiger partial charge on any atom is 0.265 e. The third kappa shape index (κ3) is 4.10. The van der Waals surface area contributed by atoms with Gasteiger partial charge >= 0.3 is 0 Å². The predicted octanol–water partition coefficient (Wildman–Crippen LogP) is 4.27. The molecule has 1 unspecified atom stereocenters. The van der Waals surface area contributed by atoms with Crippen molar-refractivity contribution in [2.24, 2.45) is 0 Å². The number of benzene rings is 2. The molecule has 2 aromatic rings. The van der Waals surface area contributed by atoms with Crippen molar-refractivity contribution in [3.8, 4) is 5.75 Å². The number of carbonyl (C=O) groups excluding carboxylic acids is 1. The molecule has 0 bridgehead atoms. The van der Waals surface area contributed by atoms with Gasteiger partial charge in [-0.25, -0.2) is 0 Å². The van der Waals surface area contributed by atoms with Crippen molar-refractivity contribution in [3.05, 3.63) is 59.2 Å².